The minimum absolute atomic E-state index is 0.0245. The molecule has 2 aliphatic rings. The first kappa shape index (κ1) is 20.5. The smallest absolute Gasteiger partial charge is 0.170 e. The molecule has 3 aromatic carbocycles. The van der Waals surface area contributed by atoms with Gasteiger partial charge in [0.25, 0.3) is 0 Å². The van der Waals surface area contributed by atoms with Crippen molar-refractivity contribution in [3.8, 4) is 11.4 Å². The van der Waals surface area contributed by atoms with Crippen molar-refractivity contribution in [3.63, 3.8) is 0 Å². The fraction of sp³-hybridized carbons (Fsp3) is 0.222. The van der Waals surface area contributed by atoms with E-state index in [9.17, 15) is 9.50 Å². The highest BCUT2D eigenvalue weighted by molar-refractivity contribution is 5.92. The quantitative estimate of drug-likeness (QED) is 0.344. The zero-order valence-electron chi connectivity index (χ0n) is 19.2. The Hall–Kier alpha value is -3.88. The van der Waals surface area contributed by atoms with Gasteiger partial charge in [0.05, 0.1) is 23.6 Å². The molecular formula is C27H24FN5O2. The van der Waals surface area contributed by atoms with Gasteiger partial charge in [0, 0.05) is 28.6 Å². The molecule has 1 saturated heterocycles. The maximum Gasteiger partial charge on any atom is 0.170 e. The largest absolute Gasteiger partial charge is 0.505 e. The summed E-state index contributed by atoms with van der Waals surface area (Å²) in [6.45, 7) is 2.74. The number of fused-ring (bicyclic) bond motifs is 6. The number of para-hydroxylation sites is 1. The Labute approximate surface area is 200 Å². The van der Waals surface area contributed by atoms with Crippen LogP contribution < -0.4 is 15.8 Å². The van der Waals surface area contributed by atoms with E-state index in [4.69, 9.17) is 4.52 Å². The average Bonchev–Trinajstić information content (AvgIpc) is 3.56. The lowest BCUT2D eigenvalue weighted by Crippen LogP contribution is -2.27. The van der Waals surface area contributed by atoms with Gasteiger partial charge < -0.3 is 19.1 Å². The summed E-state index contributed by atoms with van der Waals surface area (Å²) >= 11 is 0. The molecule has 0 aliphatic carbocycles. The van der Waals surface area contributed by atoms with Crippen LogP contribution in [0.4, 0.5) is 10.1 Å². The highest BCUT2D eigenvalue weighted by Crippen LogP contribution is 2.46. The topological polar surface area (TPSA) is 78.5 Å². The lowest BCUT2D eigenvalue weighted by atomic mass is 10.0. The van der Waals surface area contributed by atoms with Crippen molar-refractivity contribution >= 4 is 27.6 Å². The maximum absolute atomic E-state index is 13.5. The van der Waals surface area contributed by atoms with Gasteiger partial charge in [-0.15, -0.1) is 0 Å². The highest BCUT2D eigenvalue weighted by Gasteiger charge is 2.34. The van der Waals surface area contributed by atoms with Crippen LogP contribution in [0.15, 0.2) is 59.3 Å². The standard InChI is InChI=1S/C27H24FN5O2/c1-15-13-32-24-18(15)5-3-6-20(24)27-30-29-14-33(27)22-11-8-16(26(34)25(22)32)4-2-7-21-19-10-9-17(28)12-23(19)35-31-21/h3,5-6,8-13,27,29-30,34H,2,4,7,14H2,1H3. The first-order valence-electron chi connectivity index (χ1n) is 11.8. The molecule has 0 bridgehead atoms. The van der Waals surface area contributed by atoms with Crippen molar-refractivity contribution in [1.82, 2.24) is 20.6 Å². The van der Waals surface area contributed by atoms with Gasteiger partial charge in [-0.3, -0.25) is 0 Å². The van der Waals surface area contributed by atoms with Crippen molar-refractivity contribution in [1.29, 1.82) is 0 Å². The van der Waals surface area contributed by atoms with E-state index >= 15 is 0 Å². The van der Waals surface area contributed by atoms with Crippen LogP contribution in [0.1, 0.15) is 35.0 Å². The number of aryl methyl sites for hydroxylation is 3. The summed E-state index contributed by atoms with van der Waals surface area (Å²) in [6, 6.07) is 15.0. The number of phenolic OH excluding ortho intramolecular Hbond substituents is 1. The summed E-state index contributed by atoms with van der Waals surface area (Å²) in [5.74, 6) is -0.0366. The Morgan fingerprint density at radius 2 is 2.06 bits per heavy atom. The van der Waals surface area contributed by atoms with Crippen LogP contribution in [-0.2, 0) is 12.8 Å². The van der Waals surface area contributed by atoms with E-state index in [1.807, 2.05) is 6.07 Å². The van der Waals surface area contributed by atoms with Crippen molar-refractivity contribution in [3.05, 3.63) is 82.9 Å². The number of aromatic hydroxyl groups is 1. The van der Waals surface area contributed by atoms with Gasteiger partial charge in [-0.1, -0.05) is 29.4 Å². The predicted octanol–water partition coefficient (Wildman–Crippen LogP) is 4.98. The Morgan fingerprint density at radius 1 is 1.14 bits per heavy atom. The summed E-state index contributed by atoms with van der Waals surface area (Å²) in [7, 11) is 0. The number of rotatable bonds is 4. The second kappa shape index (κ2) is 7.56. The summed E-state index contributed by atoms with van der Waals surface area (Å²) in [5, 5.41) is 17.7. The summed E-state index contributed by atoms with van der Waals surface area (Å²) in [4.78, 5) is 2.25. The van der Waals surface area contributed by atoms with Crippen LogP contribution in [0.3, 0.4) is 0 Å². The lowest BCUT2D eigenvalue weighted by molar-refractivity contribution is 0.442. The third kappa shape index (κ3) is 3.00. The zero-order chi connectivity index (χ0) is 23.7. The molecule has 0 saturated carbocycles. The van der Waals surface area contributed by atoms with E-state index in [2.05, 4.69) is 62.9 Å². The van der Waals surface area contributed by atoms with E-state index < -0.39 is 0 Å². The first-order valence-corrected chi connectivity index (χ1v) is 11.8. The van der Waals surface area contributed by atoms with E-state index in [0.29, 0.717) is 30.8 Å². The Kier molecular flexibility index (Phi) is 4.43. The van der Waals surface area contributed by atoms with Crippen LogP contribution >= 0.6 is 0 Å². The van der Waals surface area contributed by atoms with Crippen molar-refractivity contribution in [2.24, 2.45) is 0 Å². The Bertz CT molecular complexity index is 1620. The molecule has 8 heteroatoms. The minimum Gasteiger partial charge on any atom is -0.505 e. The predicted molar refractivity (Wildman–Crippen MR) is 132 cm³/mol. The number of phenols is 1. The normalized spacial score (nSPS) is 16.6. The summed E-state index contributed by atoms with van der Waals surface area (Å²) < 4.78 is 20.9. The van der Waals surface area contributed by atoms with Gasteiger partial charge in [0.1, 0.15) is 23.4 Å². The molecule has 3 N–H and O–H groups in total. The Balaban J connectivity index is 1.27. The summed E-state index contributed by atoms with van der Waals surface area (Å²) in [6.07, 6.45) is 4.22. The molecule has 176 valence electrons. The van der Waals surface area contributed by atoms with Crippen LogP contribution in [-0.4, -0.2) is 21.5 Å². The van der Waals surface area contributed by atoms with Crippen LogP contribution in [0.5, 0.6) is 5.75 Å². The number of nitrogens with one attached hydrogen (secondary N) is 2. The van der Waals surface area contributed by atoms with Gasteiger partial charge in [-0.25, -0.2) is 15.2 Å². The van der Waals surface area contributed by atoms with Crippen LogP contribution in [0.25, 0.3) is 27.6 Å². The second-order valence-corrected chi connectivity index (χ2v) is 9.34. The number of hydrogen-bond donors (Lipinski definition) is 3. The molecule has 0 spiro atoms. The molecule has 1 unspecified atom stereocenters. The molecule has 2 aromatic heterocycles. The van der Waals surface area contributed by atoms with Gasteiger partial charge >= 0.3 is 0 Å². The highest BCUT2D eigenvalue weighted by atomic mass is 19.1. The van der Waals surface area contributed by atoms with Crippen molar-refractivity contribution in [2.45, 2.75) is 32.4 Å². The molecule has 7 rings (SSSR count). The van der Waals surface area contributed by atoms with Gasteiger partial charge in [-0.2, -0.15) is 0 Å². The van der Waals surface area contributed by atoms with Gasteiger partial charge in [0.15, 0.2) is 5.58 Å². The number of hydrazine groups is 1. The lowest BCUT2D eigenvalue weighted by Gasteiger charge is -2.25. The van der Waals surface area contributed by atoms with Crippen molar-refractivity contribution < 1.29 is 14.0 Å². The molecule has 2 aliphatic heterocycles. The summed E-state index contributed by atoms with van der Waals surface area (Å²) in [5.41, 5.74) is 14.1. The van der Waals surface area contributed by atoms with Gasteiger partial charge in [-0.05, 0) is 55.5 Å². The monoisotopic (exact) mass is 469 g/mol. The van der Waals surface area contributed by atoms with Crippen LogP contribution in [0, 0.1) is 12.7 Å². The third-order valence-electron chi connectivity index (χ3n) is 7.28. The zero-order valence-corrected chi connectivity index (χ0v) is 19.2. The molecule has 35 heavy (non-hydrogen) atoms. The molecule has 0 radical (unpaired) electrons. The molecule has 0 amide bonds. The van der Waals surface area contributed by atoms with Crippen LogP contribution in [0.2, 0.25) is 0 Å². The van der Waals surface area contributed by atoms with E-state index in [1.54, 1.807) is 6.07 Å². The third-order valence-corrected chi connectivity index (χ3v) is 7.28. The SMILES string of the molecule is Cc1cn2c3c(cccc13)C1NNCN1c1ccc(CCCc3noc4cc(F)ccc34)c(O)c1-2. The molecule has 5 aromatic rings. The number of nitrogens with zero attached hydrogens (tertiary/aromatic N) is 3. The number of benzene rings is 3. The second-order valence-electron chi connectivity index (χ2n) is 9.34. The molecule has 1 atom stereocenters. The van der Waals surface area contributed by atoms with Gasteiger partial charge in [0.2, 0.25) is 0 Å². The molecule has 1 fully saturated rings. The maximum atomic E-state index is 13.5. The minimum atomic E-state index is -0.336. The number of anilines is 1. The number of hydrogen-bond acceptors (Lipinski definition) is 6. The number of halogens is 1. The molecule has 4 heterocycles. The fourth-order valence-corrected chi connectivity index (χ4v) is 5.61. The van der Waals surface area contributed by atoms with E-state index in [-0.39, 0.29) is 12.0 Å². The average molecular weight is 470 g/mol. The molecular weight excluding hydrogens is 445 g/mol. The number of aromatic nitrogens is 2. The van der Waals surface area contributed by atoms with E-state index in [1.165, 1.54) is 28.6 Å². The molecule has 7 nitrogen and oxygen atoms in total. The Morgan fingerprint density at radius 3 is 2.97 bits per heavy atom. The fourth-order valence-electron chi connectivity index (χ4n) is 5.61. The first-order chi connectivity index (χ1) is 17.1. The van der Waals surface area contributed by atoms with Crippen molar-refractivity contribution in [2.75, 3.05) is 11.6 Å². The van der Waals surface area contributed by atoms with E-state index in [0.717, 1.165) is 40.0 Å².